The Balaban J connectivity index is 1.40. The molecule has 1 aliphatic heterocycles. The number of benzene rings is 2. The third-order valence-electron chi connectivity index (χ3n) is 4.04. The number of aromatic amines is 1. The van der Waals surface area contributed by atoms with Crippen molar-refractivity contribution in [2.45, 2.75) is 0 Å². The molecule has 0 unspecified atom stereocenters. The number of nitrogens with zero attached hydrogens (tertiary/aromatic N) is 3. The molecule has 0 aliphatic carbocycles. The summed E-state index contributed by atoms with van der Waals surface area (Å²) in [4.78, 5) is 9.93. The van der Waals surface area contributed by atoms with E-state index >= 15 is 0 Å². The first kappa shape index (κ1) is 14.7. The fourth-order valence-corrected chi connectivity index (χ4v) is 2.77. The Kier molecular flexibility index (Phi) is 4.12. The average molecular weight is 321 g/mol. The lowest BCUT2D eigenvalue weighted by Gasteiger charge is -2.28. The number of H-pyrrole nitrogens is 1. The molecule has 0 bridgehead atoms. The number of nitrogens with one attached hydrogen (secondary N) is 2. The molecule has 24 heavy (non-hydrogen) atoms. The van der Waals surface area contributed by atoms with Gasteiger partial charge >= 0.3 is 0 Å². The van der Waals surface area contributed by atoms with Gasteiger partial charge in [-0.25, -0.2) is 10.4 Å². The topological polar surface area (TPSA) is 65.5 Å². The van der Waals surface area contributed by atoms with Gasteiger partial charge in [0.25, 0.3) is 0 Å². The summed E-state index contributed by atoms with van der Waals surface area (Å²) in [7, 11) is 0. The molecule has 6 heteroatoms. The molecular formula is C18H19N5O. The monoisotopic (exact) mass is 321 g/mol. The van der Waals surface area contributed by atoms with Gasteiger partial charge < -0.3 is 14.6 Å². The number of para-hydroxylation sites is 2. The van der Waals surface area contributed by atoms with Crippen molar-refractivity contribution in [2.75, 3.05) is 36.6 Å². The van der Waals surface area contributed by atoms with Crippen molar-refractivity contribution in [1.29, 1.82) is 0 Å². The van der Waals surface area contributed by atoms with Gasteiger partial charge in [-0.1, -0.05) is 24.3 Å². The Labute approximate surface area is 140 Å². The standard InChI is InChI=1S/C18H19N5O/c1-2-4-17-16(3-1)20-18(21-17)22-19-13-14-5-7-15(8-6-14)23-9-11-24-12-10-23/h1-8,13H,9-12H2,(H2,20,21,22)/b19-13-. The van der Waals surface area contributed by atoms with Crippen molar-refractivity contribution in [3.8, 4) is 0 Å². The van der Waals surface area contributed by atoms with E-state index in [-0.39, 0.29) is 0 Å². The Hall–Kier alpha value is -2.86. The molecule has 1 fully saturated rings. The van der Waals surface area contributed by atoms with Crippen molar-refractivity contribution >= 4 is 28.9 Å². The lowest BCUT2D eigenvalue weighted by Crippen LogP contribution is -2.36. The quantitative estimate of drug-likeness (QED) is 0.573. The first-order chi connectivity index (χ1) is 11.9. The molecule has 2 aromatic carbocycles. The SMILES string of the molecule is C(=N/Nc1nc2ccccc2[nH]1)/c1ccc(N2CCOCC2)cc1. The molecule has 0 amide bonds. The van der Waals surface area contributed by atoms with Gasteiger partial charge in [0.1, 0.15) is 0 Å². The highest BCUT2D eigenvalue weighted by molar-refractivity contribution is 5.81. The van der Waals surface area contributed by atoms with Crippen LogP contribution in [0.2, 0.25) is 0 Å². The molecule has 0 atom stereocenters. The fraction of sp³-hybridized carbons (Fsp3) is 0.222. The minimum Gasteiger partial charge on any atom is -0.378 e. The second-order valence-corrected chi connectivity index (χ2v) is 5.66. The van der Waals surface area contributed by atoms with E-state index in [1.807, 2.05) is 24.3 Å². The highest BCUT2D eigenvalue weighted by Crippen LogP contribution is 2.16. The van der Waals surface area contributed by atoms with E-state index in [1.54, 1.807) is 6.21 Å². The zero-order valence-electron chi connectivity index (χ0n) is 13.3. The molecule has 1 saturated heterocycles. The van der Waals surface area contributed by atoms with Crippen molar-refractivity contribution in [1.82, 2.24) is 9.97 Å². The maximum Gasteiger partial charge on any atom is 0.222 e. The highest BCUT2D eigenvalue weighted by atomic mass is 16.5. The number of hydrogen-bond donors (Lipinski definition) is 2. The second-order valence-electron chi connectivity index (χ2n) is 5.66. The van der Waals surface area contributed by atoms with Crippen molar-refractivity contribution in [3.05, 3.63) is 54.1 Å². The Morgan fingerprint density at radius 2 is 1.88 bits per heavy atom. The van der Waals surface area contributed by atoms with Crippen LogP contribution < -0.4 is 10.3 Å². The van der Waals surface area contributed by atoms with Gasteiger partial charge in [-0.3, -0.25) is 0 Å². The van der Waals surface area contributed by atoms with Crippen LogP contribution >= 0.6 is 0 Å². The van der Waals surface area contributed by atoms with Crippen LogP contribution in [0.25, 0.3) is 11.0 Å². The van der Waals surface area contributed by atoms with Crippen LogP contribution in [-0.4, -0.2) is 42.5 Å². The average Bonchev–Trinajstić information content (AvgIpc) is 3.06. The smallest absolute Gasteiger partial charge is 0.222 e. The molecule has 3 aromatic rings. The molecule has 1 aliphatic rings. The number of imidazole rings is 1. The van der Waals surface area contributed by atoms with Crippen LogP contribution in [0.1, 0.15) is 5.56 Å². The summed E-state index contributed by atoms with van der Waals surface area (Å²) in [5, 5.41) is 4.25. The van der Waals surface area contributed by atoms with Gasteiger partial charge in [-0.05, 0) is 29.8 Å². The minimum atomic E-state index is 0.636. The molecule has 0 radical (unpaired) electrons. The fourth-order valence-electron chi connectivity index (χ4n) is 2.77. The van der Waals surface area contributed by atoms with Crippen molar-refractivity contribution < 1.29 is 4.74 Å². The largest absolute Gasteiger partial charge is 0.378 e. The van der Waals surface area contributed by atoms with Gasteiger partial charge in [0.2, 0.25) is 5.95 Å². The van der Waals surface area contributed by atoms with E-state index in [0.717, 1.165) is 42.9 Å². The van der Waals surface area contributed by atoms with E-state index in [2.05, 4.69) is 49.7 Å². The van der Waals surface area contributed by atoms with Crippen LogP contribution in [-0.2, 0) is 4.74 Å². The predicted octanol–water partition coefficient (Wildman–Crippen LogP) is 2.85. The Bertz CT molecular complexity index is 801. The van der Waals surface area contributed by atoms with E-state index < -0.39 is 0 Å². The number of aromatic nitrogens is 2. The van der Waals surface area contributed by atoms with Gasteiger partial charge in [0, 0.05) is 18.8 Å². The van der Waals surface area contributed by atoms with E-state index in [1.165, 1.54) is 5.69 Å². The number of morpholine rings is 1. The highest BCUT2D eigenvalue weighted by Gasteiger charge is 2.10. The first-order valence-corrected chi connectivity index (χ1v) is 8.05. The molecule has 2 N–H and O–H groups in total. The van der Waals surface area contributed by atoms with Crippen LogP contribution in [0.5, 0.6) is 0 Å². The van der Waals surface area contributed by atoms with E-state index in [0.29, 0.717) is 5.95 Å². The first-order valence-electron chi connectivity index (χ1n) is 8.05. The molecule has 0 spiro atoms. The molecule has 4 rings (SSSR count). The summed E-state index contributed by atoms with van der Waals surface area (Å²) in [6.45, 7) is 3.48. The second kappa shape index (κ2) is 6.72. The zero-order chi connectivity index (χ0) is 16.2. The van der Waals surface area contributed by atoms with Gasteiger partial charge in [-0.15, -0.1) is 0 Å². The van der Waals surface area contributed by atoms with Crippen molar-refractivity contribution in [2.24, 2.45) is 5.10 Å². The Morgan fingerprint density at radius 1 is 1.08 bits per heavy atom. The van der Waals surface area contributed by atoms with Crippen LogP contribution in [0, 0.1) is 0 Å². The van der Waals surface area contributed by atoms with Gasteiger partial charge in [0.05, 0.1) is 30.5 Å². The summed E-state index contributed by atoms with van der Waals surface area (Å²) in [5.74, 6) is 0.636. The van der Waals surface area contributed by atoms with E-state index in [4.69, 9.17) is 4.74 Å². The predicted molar refractivity (Wildman–Crippen MR) is 96.8 cm³/mol. The molecular weight excluding hydrogens is 302 g/mol. The lowest BCUT2D eigenvalue weighted by molar-refractivity contribution is 0.122. The van der Waals surface area contributed by atoms with Crippen molar-refractivity contribution in [3.63, 3.8) is 0 Å². The van der Waals surface area contributed by atoms with Crippen LogP contribution in [0.4, 0.5) is 11.6 Å². The normalized spacial score (nSPS) is 15.2. The van der Waals surface area contributed by atoms with E-state index in [9.17, 15) is 0 Å². The summed E-state index contributed by atoms with van der Waals surface area (Å²) >= 11 is 0. The number of rotatable bonds is 4. The summed E-state index contributed by atoms with van der Waals surface area (Å²) < 4.78 is 5.38. The number of anilines is 2. The number of ether oxygens (including phenoxy) is 1. The van der Waals surface area contributed by atoms with Crippen LogP contribution in [0.15, 0.2) is 53.6 Å². The molecule has 122 valence electrons. The zero-order valence-corrected chi connectivity index (χ0v) is 13.3. The van der Waals surface area contributed by atoms with Gasteiger partial charge in [-0.2, -0.15) is 5.10 Å². The summed E-state index contributed by atoms with van der Waals surface area (Å²) in [6, 6.07) is 16.3. The molecule has 1 aromatic heterocycles. The third kappa shape index (κ3) is 3.23. The molecule has 2 heterocycles. The maximum atomic E-state index is 5.38. The molecule has 0 saturated carbocycles. The van der Waals surface area contributed by atoms with Crippen LogP contribution in [0.3, 0.4) is 0 Å². The number of hydrogen-bond acceptors (Lipinski definition) is 5. The Morgan fingerprint density at radius 3 is 2.67 bits per heavy atom. The number of fused-ring (bicyclic) bond motifs is 1. The summed E-state index contributed by atoms with van der Waals surface area (Å²) in [6.07, 6.45) is 1.79. The summed E-state index contributed by atoms with van der Waals surface area (Å²) in [5.41, 5.74) is 7.11. The number of hydrazone groups is 1. The van der Waals surface area contributed by atoms with Gasteiger partial charge in [0.15, 0.2) is 0 Å². The maximum absolute atomic E-state index is 5.38. The lowest BCUT2D eigenvalue weighted by atomic mass is 10.2. The minimum absolute atomic E-state index is 0.636. The third-order valence-corrected chi connectivity index (χ3v) is 4.04. The molecule has 6 nitrogen and oxygen atoms in total.